The van der Waals surface area contributed by atoms with Crippen molar-refractivity contribution in [2.75, 3.05) is 18.1 Å². The van der Waals surface area contributed by atoms with Crippen LogP contribution in [-0.2, 0) is 19.4 Å². The molecule has 1 saturated heterocycles. The third-order valence-corrected chi connectivity index (χ3v) is 6.98. The lowest BCUT2D eigenvalue weighted by Crippen LogP contribution is -2.38. The lowest BCUT2D eigenvalue weighted by atomic mass is 10.0. The number of esters is 1. The van der Waals surface area contributed by atoms with Crippen molar-refractivity contribution in [2.45, 2.75) is 19.4 Å². The molecule has 4 rings (SSSR count). The van der Waals surface area contributed by atoms with Crippen molar-refractivity contribution in [2.24, 2.45) is 0 Å². The molecule has 1 aliphatic rings. The Bertz CT molecular complexity index is 1250. The molecule has 7 nitrogen and oxygen atoms in total. The number of carbonyl (C=O) groups is 2. The molecular weight excluding hydrogens is 416 g/mol. The largest absolute Gasteiger partial charge is 0.452 e. The van der Waals surface area contributed by atoms with Crippen LogP contribution in [0.15, 0.2) is 54.6 Å². The Kier molecular flexibility index (Phi) is 5.73. The van der Waals surface area contributed by atoms with Crippen LogP contribution in [0.3, 0.4) is 0 Å². The number of fused-ring (bicyclic) bond motifs is 1. The molecule has 3 aromatic rings. The number of aromatic nitrogens is 1. The highest BCUT2D eigenvalue weighted by molar-refractivity contribution is 7.91. The Morgan fingerprint density at radius 1 is 1.13 bits per heavy atom. The normalized spacial score (nSPS) is 17.4. The average Bonchev–Trinajstić information content (AvgIpc) is 3.09. The minimum absolute atomic E-state index is 0.0581. The highest BCUT2D eigenvalue weighted by Gasteiger charge is 2.29. The summed E-state index contributed by atoms with van der Waals surface area (Å²) in [5.41, 5.74) is 3.58. The number of rotatable bonds is 5. The minimum atomic E-state index is -3.10. The zero-order valence-electron chi connectivity index (χ0n) is 17.0. The number of nitrogens with one attached hydrogen (secondary N) is 1. The molecule has 0 saturated carbocycles. The lowest BCUT2D eigenvalue weighted by molar-refractivity contribution is -0.124. The van der Waals surface area contributed by atoms with Gasteiger partial charge in [-0.15, -0.1) is 0 Å². The summed E-state index contributed by atoms with van der Waals surface area (Å²) in [7, 11) is -3.10. The number of hydrogen-bond acceptors (Lipinski definition) is 6. The Hall–Kier alpha value is -3.26. The zero-order valence-corrected chi connectivity index (χ0v) is 17.8. The van der Waals surface area contributed by atoms with E-state index in [-0.39, 0.29) is 11.5 Å². The third kappa shape index (κ3) is 4.91. The third-order valence-electron chi connectivity index (χ3n) is 5.22. The first-order valence-corrected chi connectivity index (χ1v) is 11.8. The summed E-state index contributed by atoms with van der Waals surface area (Å²) < 4.78 is 28.3. The van der Waals surface area contributed by atoms with E-state index in [0.717, 1.165) is 11.1 Å². The van der Waals surface area contributed by atoms with Crippen LogP contribution >= 0.6 is 0 Å². The first-order chi connectivity index (χ1) is 14.8. The fourth-order valence-electron chi connectivity index (χ4n) is 3.60. The van der Waals surface area contributed by atoms with Crippen LogP contribution < -0.4 is 5.32 Å². The van der Waals surface area contributed by atoms with Crippen LogP contribution in [0.4, 0.5) is 0 Å². The maximum absolute atomic E-state index is 12.8. The summed E-state index contributed by atoms with van der Waals surface area (Å²) in [6, 6.07) is 16.3. The second-order valence-corrected chi connectivity index (χ2v) is 9.91. The van der Waals surface area contributed by atoms with Crippen molar-refractivity contribution >= 4 is 32.6 Å². The summed E-state index contributed by atoms with van der Waals surface area (Å²) in [6.07, 6.45) is 0.372. The van der Waals surface area contributed by atoms with Gasteiger partial charge in [-0.2, -0.15) is 0 Å². The van der Waals surface area contributed by atoms with E-state index in [1.807, 2.05) is 43.3 Å². The van der Waals surface area contributed by atoms with Crippen LogP contribution in [0, 0.1) is 6.92 Å². The first-order valence-electron chi connectivity index (χ1n) is 9.94. The zero-order chi connectivity index (χ0) is 22.0. The summed E-state index contributed by atoms with van der Waals surface area (Å²) in [4.78, 5) is 29.6. The molecule has 0 bridgehead atoms. The molecule has 0 aliphatic carbocycles. The number of sulfone groups is 1. The predicted molar refractivity (Wildman–Crippen MR) is 117 cm³/mol. The van der Waals surface area contributed by atoms with Gasteiger partial charge < -0.3 is 10.1 Å². The first kappa shape index (κ1) is 21.0. The van der Waals surface area contributed by atoms with E-state index < -0.39 is 34.4 Å². The van der Waals surface area contributed by atoms with Gasteiger partial charge in [-0.1, -0.05) is 48.0 Å². The number of pyridine rings is 1. The van der Waals surface area contributed by atoms with Crippen LogP contribution in [-0.4, -0.2) is 49.4 Å². The van der Waals surface area contributed by atoms with Gasteiger partial charge in [0.25, 0.3) is 5.91 Å². The van der Waals surface area contributed by atoms with Crippen molar-refractivity contribution in [1.82, 2.24) is 10.3 Å². The molecule has 1 N–H and O–H groups in total. The second kappa shape index (κ2) is 8.47. The predicted octanol–water partition coefficient (Wildman–Crippen LogP) is 2.67. The fourth-order valence-corrected chi connectivity index (χ4v) is 5.28. The lowest BCUT2D eigenvalue weighted by Gasteiger charge is -2.12. The van der Waals surface area contributed by atoms with E-state index in [9.17, 15) is 18.0 Å². The molecule has 1 amide bonds. The van der Waals surface area contributed by atoms with E-state index in [4.69, 9.17) is 4.74 Å². The number of aryl methyl sites for hydroxylation is 1. The van der Waals surface area contributed by atoms with Crippen LogP contribution in [0.5, 0.6) is 0 Å². The van der Waals surface area contributed by atoms with Crippen molar-refractivity contribution in [3.8, 4) is 11.3 Å². The molecule has 8 heteroatoms. The average molecular weight is 439 g/mol. The van der Waals surface area contributed by atoms with Crippen molar-refractivity contribution in [1.29, 1.82) is 0 Å². The summed E-state index contributed by atoms with van der Waals surface area (Å²) in [6.45, 7) is 1.51. The molecular formula is C23H22N2O5S. The number of para-hydroxylation sites is 1. The number of ether oxygens (including phenoxy) is 1. The summed E-state index contributed by atoms with van der Waals surface area (Å²) >= 11 is 0. The molecule has 2 heterocycles. The summed E-state index contributed by atoms with van der Waals surface area (Å²) in [5, 5.41) is 3.24. The van der Waals surface area contributed by atoms with Crippen molar-refractivity contribution < 1.29 is 22.7 Å². The minimum Gasteiger partial charge on any atom is -0.452 e. The van der Waals surface area contributed by atoms with Gasteiger partial charge in [0.1, 0.15) is 0 Å². The molecule has 1 aliphatic heterocycles. The van der Waals surface area contributed by atoms with Gasteiger partial charge in [-0.05, 0) is 25.5 Å². The van der Waals surface area contributed by atoms with E-state index >= 15 is 0 Å². The fraction of sp³-hybridized carbons (Fsp3) is 0.261. The van der Waals surface area contributed by atoms with E-state index in [1.54, 1.807) is 18.2 Å². The van der Waals surface area contributed by atoms with E-state index in [2.05, 4.69) is 10.3 Å². The maximum Gasteiger partial charge on any atom is 0.339 e. The standard InChI is InChI=1S/C23H22N2O5S/c1-15-6-8-16(9-7-15)21-12-19(18-4-2-3-5-20(18)25-21)23(27)30-13-22(26)24-17-10-11-31(28,29)14-17/h2-9,12,17H,10-11,13-14H2,1H3,(H,24,26). The van der Waals surface area contributed by atoms with Gasteiger partial charge >= 0.3 is 5.97 Å². The number of nitrogens with zero attached hydrogens (tertiary/aromatic N) is 1. The van der Waals surface area contributed by atoms with Gasteiger partial charge in [0.15, 0.2) is 16.4 Å². The van der Waals surface area contributed by atoms with Crippen molar-refractivity contribution in [3.05, 3.63) is 65.7 Å². The van der Waals surface area contributed by atoms with Crippen LogP contribution in [0.1, 0.15) is 22.3 Å². The number of amides is 1. The molecule has 1 atom stereocenters. The monoisotopic (exact) mass is 438 g/mol. The quantitative estimate of drug-likeness (QED) is 0.615. The van der Waals surface area contributed by atoms with Crippen LogP contribution in [0.25, 0.3) is 22.2 Å². The van der Waals surface area contributed by atoms with E-state index in [1.165, 1.54) is 0 Å². The smallest absolute Gasteiger partial charge is 0.339 e. The molecule has 1 unspecified atom stereocenters. The maximum atomic E-state index is 12.8. The molecule has 2 aromatic carbocycles. The van der Waals surface area contributed by atoms with Gasteiger partial charge in [0, 0.05) is 17.0 Å². The van der Waals surface area contributed by atoms with Gasteiger partial charge in [-0.25, -0.2) is 18.2 Å². The summed E-state index contributed by atoms with van der Waals surface area (Å²) in [5.74, 6) is -1.18. The SMILES string of the molecule is Cc1ccc(-c2cc(C(=O)OCC(=O)NC3CCS(=O)(=O)C3)c3ccccc3n2)cc1. The Labute approximate surface area is 180 Å². The highest BCUT2D eigenvalue weighted by Crippen LogP contribution is 2.25. The second-order valence-electron chi connectivity index (χ2n) is 7.68. The number of benzene rings is 2. The number of carbonyl (C=O) groups excluding carboxylic acids is 2. The van der Waals surface area contributed by atoms with Crippen molar-refractivity contribution in [3.63, 3.8) is 0 Å². The highest BCUT2D eigenvalue weighted by atomic mass is 32.2. The van der Waals surface area contributed by atoms with Gasteiger partial charge in [-0.3, -0.25) is 4.79 Å². The molecule has 160 valence electrons. The Morgan fingerprint density at radius 3 is 2.58 bits per heavy atom. The molecule has 31 heavy (non-hydrogen) atoms. The topological polar surface area (TPSA) is 102 Å². The van der Waals surface area contributed by atoms with Gasteiger partial charge in [0.2, 0.25) is 0 Å². The Balaban J connectivity index is 1.53. The molecule has 0 spiro atoms. The molecule has 1 fully saturated rings. The van der Waals surface area contributed by atoms with Gasteiger partial charge in [0.05, 0.1) is 28.3 Å². The van der Waals surface area contributed by atoms with E-state index in [0.29, 0.717) is 28.6 Å². The Morgan fingerprint density at radius 2 is 1.87 bits per heavy atom. The molecule has 0 radical (unpaired) electrons. The molecule has 1 aromatic heterocycles. The van der Waals surface area contributed by atoms with Crippen LogP contribution in [0.2, 0.25) is 0 Å². The number of hydrogen-bond donors (Lipinski definition) is 1.